The van der Waals surface area contributed by atoms with Gasteiger partial charge in [0.25, 0.3) is 0 Å². The fourth-order valence-corrected chi connectivity index (χ4v) is 1.09. The fraction of sp³-hybridized carbons (Fsp3) is 0.462. The van der Waals surface area contributed by atoms with E-state index < -0.39 is 5.97 Å². The summed E-state index contributed by atoms with van der Waals surface area (Å²) in [5.74, 6) is 0.109. The Balaban J connectivity index is 0.00000106. The third kappa shape index (κ3) is 5.39. The van der Waals surface area contributed by atoms with Gasteiger partial charge < -0.3 is 9.84 Å². The van der Waals surface area contributed by atoms with Crippen LogP contribution in [0.2, 0.25) is 0 Å². The zero-order chi connectivity index (χ0) is 12.6. The second kappa shape index (κ2) is 7.74. The van der Waals surface area contributed by atoms with Gasteiger partial charge in [0.1, 0.15) is 5.75 Å². The Kier molecular flexibility index (Phi) is 7.01. The highest BCUT2D eigenvalue weighted by molar-refractivity contribution is 5.68. The second-order valence-electron chi connectivity index (χ2n) is 3.41. The molecule has 0 unspecified atom stereocenters. The summed E-state index contributed by atoms with van der Waals surface area (Å²) in [6.45, 7) is 7.92. The minimum Gasteiger partial charge on any atom is -0.482 e. The lowest BCUT2D eigenvalue weighted by molar-refractivity contribution is -0.139. The van der Waals surface area contributed by atoms with Crippen LogP contribution in [0.5, 0.6) is 5.75 Å². The summed E-state index contributed by atoms with van der Waals surface area (Å²) in [5.41, 5.74) is 1.22. The number of hydrogen-bond donors (Lipinski definition) is 1. The van der Waals surface area contributed by atoms with Crippen LogP contribution in [0.1, 0.15) is 39.2 Å². The number of benzene rings is 1. The van der Waals surface area contributed by atoms with Crippen molar-refractivity contribution in [3.63, 3.8) is 0 Å². The number of carboxylic acids is 1. The van der Waals surface area contributed by atoms with Crippen molar-refractivity contribution in [1.82, 2.24) is 0 Å². The minimum absolute atomic E-state index is 0.291. The van der Waals surface area contributed by atoms with E-state index in [1.54, 1.807) is 12.1 Å². The molecule has 90 valence electrons. The van der Waals surface area contributed by atoms with Crippen molar-refractivity contribution in [1.29, 1.82) is 0 Å². The second-order valence-corrected chi connectivity index (χ2v) is 3.41. The van der Waals surface area contributed by atoms with Crippen LogP contribution in [0.4, 0.5) is 0 Å². The fourth-order valence-electron chi connectivity index (χ4n) is 1.09. The van der Waals surface area contributed by atoms with Crippen LogP contribution in [-0.2, 0) is 4.79 Å². The zero-order valence-corrected chi connectivity index (χ0v) is 10.4. The van der Waals surface area contributed by atoms with Gasteiger partial charge in [-0.1, -0.05) is 39.8 Å². The average Bonchev–Trinajstić information content (AvgIpc) is 2.29. The van der Waals surface area contributed by atoms with Gasteiger partial charge in [0.05, 0.1) is 0 Å². The van der Waals surface area contributed by atoms with Crippen molar-refractivity contribution in [2.24, 2.45) is 0 Å². The van der Waals surface area contributed by atoms with Crippen LogP contribution < -0.4 is 4.74 Å². The topological polar surface area (TPSA) is 46.5 Å². The van der Waals surface area contributed by atoms with E-state index in [-0.39, 0.29) is 6.61 Å². The molecule has 0 fully saturated rings. The SMILES string of the molecule is CC.CC(C)c1ccc(OCC(=O)O)cc1. The van der Waals surface area contributed by atoms with Crippen LogP contribution in [0.15, 0.2) is 24.3 Å². The molecular formula is C13H20O3. The number of ether oxygens (including phenoxy) is 1. The minimum atomic E-state index is -0.960. The van der Waals surface area contributed by atoms with Crippen LogP contribution in [0.25, 0.3) is 0 Å². The molecule has 3 heteroatoms. The van der Waals surface area contributed by atoms with Crippen molar-refractivity contribution < 1.29 is 14.6 Å². The van der Waals surface area contributed by atoms with Crippen molar-refractivity contribution >= 4 is 5.97 Å². The molecule has 0 heterocycles. The quantitative estimate of drug-likeness (QED) is 0.853. The number of carboxylic acid groups (broad SMARTS) is 1. The summed E-state index contributed by atoms with van der Waals surface area (Å²) in [4.78, 5) is 10.2. The maximum absolute atomic E-state index is 10.2. The molecule has 0 bridgehead atoms. The zero-order valence-electron chi connectivity index (χ0n) is 10.4. The normalized spacial score (nSPS) is 9.31. The molecule has 0 aliphatic heterocycles. The molecule has 0 spiro atoms. The molecule has 0 atom stereocenters. The van der Waals surface area contributed by atoms with Gasteiger partial charge in [-0.2, -0.15) is 0 Å². The molecule has 0 aromatic heterocycles. The monoisotopic (exact) mass is 224 g/mol. The molecule has 0 aliphatic carbocycles. The molecule has 0 radical (unpaired) electrons. The highest BCUT2D eigenvalue weighted by Gasteiger charge is 2.01. The summed E-state index contributed by atoms with van der Waals surface area (Å²) >= 11 is 0. The van der Waals surface area contributed by atoms with E-state index in [2.05, 4.69) is 13.8 Å². The Morgan fingerprint density at radius 3 is 2.12 bits per heavy atom. The van der Waals surface area contributed by atoms with Crippen LogP contribution in [0.3, 0.4) is 0 Å². The smallest absolute Gasteiger partial charge is 0.341 e. The van der Waals surface area contributed by atoms with E-state index >= 15 is 0 Å². The summed E-state index contributed by atoms with van der Waals surface area (Å²) in [6.07, 6.45) is 0. The van der Waals surface area contributed by atoms with E-state index in [4.69, 9.17) is 9.84 Å². The molecule has 0 saturated heterocycles. The Labute approximate surface area is 97.1 Å². The van der Waals surface area contributed by atoms with Gasteiger partial charge in [0.2, 0.25) is 0 Å². The van der Waals surface area contributed by atoms with Crippen molar-refractivity contribution in [3.05, 3.63) is 29.8 Å². The highest BCUT2D eigenvalue weighted by atomic mass is 16.5. The maximum atomic E-state index is 10.2. The number of aliphatic carboxylic acids is 1. The lowest BCUT2D eigenvalue weighted by Gasteiger charge is -2.07. The van der Waals surface area contributed by atoms with Crippen molar-refractivity contribution in [3.8, 4) is 5.75 Å². The van der Waals surface area contributed by atoms with Crippen LogP contribution in [0, 0.1) is 0 Å². The van der Waals surface area contributed by atoms with Gasteiger partial charge in [0.15, 0.2) is 6.61 Å². The lowest BCUT2D eigenvalue weighted by Crippen LogP contribution is -2.09. The molecular weight excluding hydrogens is 204 g/mol. The van der Waals surface area contributed by atoms with E-state index in [1.165, 1.54) is 5.56 Å². The molecule has 0 saturated carbocycles. The molecule has 1 rings (SSSR count). The number of carbonyl (C=O) groups is 1. The average molecular weight is 224 g/mol. The van der Waals surface area contributed by atoms with Crippen molar-refractivity contribution in [2.45, 2.75) is 33.6 Å². The first-order valence-electron chi connectivity index (χ1n) is 5.54. The predicted octanol–water partition coefficient (Wildman–Crippen LogP) is 3.30. The summed E-state index contributed by atoms with van der Waals surface area (Å²) in [6, 6.07) is 7.47. The highest BCUT2D eigenvalue weighted by Crippen LogP contribution is 2.18. The van der Waals surface area contributed by atoms with E-state index in [0.717, 1.165) is 0 Å². The third-order valence-corrected chi connectivity index (χ3v) is 1.91. The molecule has 3 nitrogen and oxygen atoms in total. The van der Waals surface area contributed by atoms with E-state index in [0.29, 0.717) is 11.7 Å². The largest absolute Gasteiger partial charge is 0.482 e. The van der Waals surface area contributed by atoms with Gasteiger partial charge in [0, 0.05) is 0 Å². The number of hydrogen-bond acceptors (Lipinski definition) is 2. The van der Waals surface area contributed by atoms with Crippen LogP contribution in [-0.4, -0.2) is 17.7 Å². The maximum Gasteiger partial charge on any atom is 0.341 e. The standard InChI is InChI=1S/C11H14O3.C2H6/c1-8(2)9-3-5-10(6-4-9)14-7-11(12)13;1-2/h3-6,8H,7H2,1-2H3,(H,12,13);1-2H3. The number of rotatable bonds is 4. The predicted molar refractivity (Wildman–Crippen MR) is 65.0 cm³/mol. The van der Waals surface area contributed by atoms with Gasteiger partial charge in [-0.05, 0) is 23.6 Å². The third-order valence-electron chi connectivity index (χ3n) is 1.91. The molecule has 1 aromatic rings. The molecule has 16 heavy (non-hydrogen) atoms. The van der Waals surface area contributed by atoms with Crippen LogP contribution >= 0.6 is 0 Å². The summed E-state index contributed by atoms with van der Waals surface area (Å²) < 4.78 is 5.00. The Morgan fingerprint density at radius 1 is 1.25 bits per heavy atom. The first-order valence-corrected chi connectivity index (χ1v) is 5.54. The van der Waals surface area contributed by atoms with Gasteiger partial charge in [-0.15, -0.1) is 0 Å². The van der Waals surface area contributed by atoms with Gasteiger partial charge in [-0.3, -0.25) is 0 Å². The first-order chi connectivity index (χ1) is 7.59. The van der Waals surface area contributed by atoms with E-state index in [1.807, 2.05) is 26.0 Å². The Bertz CT molecular complexity index is 301. The lowest BCUT2D eigenvalue weighted by atomic mass is 10.0. The molecule has 0 amide bonds. The summed E-state index contributed by atoms with van der Waals surface area (Å²) in [7, 11) is 0. The van der Waals surface area contributed by atoms with Crippen molar-refractivity contribution in [2.75, 3.05) is 6.61 Å². The van der Waals surface area contributed by atoms with Gasteiger partial charge in [-0.25, -0.2) is 4.79 Å². The van der Waals surface area contributed by atoms with Gasteiger partial charge >= 0.3 is 5.97 Å². The molecule has 0 aliphatic rings. The Morgan fingerprint density at radius 2 is 1.75 bits per heavy atom. The first kappa shape index (κ1) is 14.5. The molecule has 1 aromatic carbocycles. The van der Waals surface area contributed by atoms with E-state index in [9.17, 15) is 4.79 Å². The molecule has 1 N–H and O–H groups in total. The Hall–Kier alpha value is -1.51. The summed E-state index contributed by atoms with van der Waals surface area (Å²) in [5, 5.41) is 8.39.